The van der Waals surface area contributed by atoms with E-state index in [9.17, 15) is 4.39 Å². The normalized spacial score (nSPS) is 12.7. The Morgan fingerprint density at radius 2 is 1.95 bits per heavy atom. The molecule has 1 N–H and O–H groups in total. The van der Waals surface area contributed by atoms with Crippen molar-refractivity contribution in [2.45, 2.75) is 19.4 Å². The zero-order chi connectivity index (χ0) is 14.8. The molecule has 2 aromatic carbocycles. The number of nitrogens with one attached hydrogen (secondary N) is 1. The molecule has 0 aliphatic heterocycles. The molecule has 0 aliphatic carbocycles. The molecule has 3 aromatic rings. The lowest BCUT2D eigenvalue weighted by atomic mass is 10.0. The topological polar surface area (TPSA) is 25.2 Å². The fourth-order valence-corrected chi connectivity index (χ4v) is 2.63. The van der Waals surface area contributed by atoms with E-state index in [4.69, 9.17) is 4.42 Å². The third-order valence-corrected chi connectivity index (χ3v) is 3.83. The smallest absolute Gasteiger partial charge is 0.137 e. The van der Waals surface area contributed by atoms with Crippen LogP contribution in [0.15, 0.2) is 52.9 Å². The van der Waals surface area contributed by atoms with E-state index in [1.54, 1.807) is 6.07 Å². The van der Waals surface area contributed by atoms with Crippen molar-refractivity contribution in [3.8, 4) is 0 Å². The van der Waals surface area contributed by atoms with Crippen molar-refractivity contribution < 1.29 is 8.81 Å². The first-order chi connectivity index (χ1) is 10.2. The number of benzene rings is 2. The van der Waals surface area contributed by atoms with E-state index in [-0.39, 0.29) is 11.9 Å². The van der Waals surface area contributed by atoms with Crippen LogP contribution in [-0.4, -0.2) is 7.05 Å². The third-order valence-electron chi connectivity index (χ3n) is 3.83. The van der Waals surface area contributed by atoms with E-state index in [1.807, 2.05) is 50.4 Å². The van der Waals surface area contributed by atoms with Crippen molar-refractivity contribution in [2.24, 2.45) is 0 Å². The fraction of sp³-hybridized carbons (Fsp3) is 0.222. The minimum absolute atomic E-state index is 0.0475. The molecule has 3 heteroatoms. The number of hydrogen-bond donors (Lipinski definition) is 1. The van der Waals surface area contributed by atoms with Crippen molar-refractivity contribution in [1.29, 1.82) is 0 Å². The number of para-hydroxylation sites is 1. The van der Waals surface area contributed by atoms with Gasteiger partial charge in [0.15, 0.2) is 0 Å². The predicted octanol–water partition coefficient (Wildman–Crippen LogP) is 4.38. The van der Waals surface area contributed by atoms with Gasteiger partial charge < -0.3 is 9.73 Å². The lowest BCUT2D eigenvalue weighted by Gasteiger charge is -2.14. The molecule has 0 aliphatic rings. The monoisotopic (exact) mass is 283 g/mol. The summed E-state index contributed by atoms with van der Waals surface area (Å²) in [6, 6.07) is 14.9. The quantitative estimate of drug-likeness (QED) is 0.768. The van der Waals surface area contributed by atoms with Gasteiger partial charge in [-0.3, -0.25) is 0 Å². The molecule has 3 rings (SSSR count). The van der Waals surface area contributed by atoms with Gasteiger partial charge in [0, 0.05) is 5.39 Å². The molecule has 1 unspecified atom stereocenters. The lowest BCUT2D eigenvalue weighted by Crippen LogP contribution is -2.18. The zero-order valence-electron chi connectivity index (χ0n) is 12.2. The summed E-state index contributed by atoms with van der Waals surface area (Å²) in [4.78, 5) is 0. The minimum atomic E-state index is -0.176. The maximum atomic E-state index is 13.8. The van der Waals surface area contributed by atoms with Crippen LogP contribution in [0, 0.1) is 12.7 Å². The third kappa shape index (κ3) is 2.69. The summed E-state index contributed by atoms with van der Waals surface area (Å²) < 4.78 is 19.8. The standard InChI is InChI=1S/C18H18FNO/c1-12-6-5-8-14-11-17(21-18(12)14)16(20-2)10-13-7-3-4-9-15(13)19/h3-9,11,16,20H,10H2,1-2H3. The summed E-state index contributed by atoms with van der Waals surface area (Å²) >= 11 is 0. The van der Waals surface area contributed by atoms with E-state index >= 15 is 0 Å². The Balaban J connectivity index is 1.95. The highest BCUT2D eigenvalue weighted by atomic mass is 19.1. The Morgan fingerprint density at radius 3 is 2.67 bits per heavy atom. The van der Waals surface area contributed by atoms with Crippen LogP contribution in [0.1, 0.15) is 22.9 Å². The van der Waals surface area contributed by atoms with Gasteiger partial charge >= 0.3 is 0 Å². The summed E-state index contributed by atoms with van der Waals surface area (Å²) in [6.45, 7) is 2.03. The Hall–Kier alpha value is -2.13. The first-order valence-corrected chi connectivity index (χ1v) is 7.09. The highest BCUT2D eigenvalue weighted by Crippen LogP contribution is 2.28. The first-order valence-electron chi connectivity index (χ1n) is 7.09. The van der Waals surface area contributed by atoms with Gasteiger partial charge in [-0.15, -0.1) is 0 Å². The van der Waals surface area contributed by atoms with E-state index in [0.29, 0.717) is 12.0 Å². The summed E-state index contributed by atoms with van der Waals surface area (Å²) in [7, 11) is 1.87. The van der Waals surface area contributed by atoms with Gasteiger partial charge in [0.25, 0.3) is 0 Å². The average molecular weight is 283 g/mol. The highest BCUT2D eigenvalue weighted by molar-refractivity contribution is 5.81. The summed E-state index contributed by atoms with van der Waals surface area (Å²) in [5, 5.41) is 4.30. The first kappa shape index (κ1) is 13.8. The average Bonchev–Trinajstić information content (AvgIpc) is 2.92. The molecule has 0 bridgehead atoms. The van der Waals surface area contributed by atoms with Crippen molar-refractivity contribution >= 4 is 11.0 Å². The minimum Gasteiger partial charge on any atom is -0.459 e. The van der Waals surface area contributed by atoms with Gasteiger partial charge in [0.05, 0.1) is 6.04 Å². The SMILES string of the molecule is CNC(Cc1ccccc1F)c1cc2cccc(C)c2o1. The van der Waals surface area contributed by atoms with Crippen LogP contribution in [0.3, 0.4) is 0 Å². The number of aryl methyl sites for hydroxylation is 1. The van der Waals surface area contributed by atoms with Crippen LogP contribution in [0.25, 0.3) is 11.0 Å². The van der Waals surface area contributed by atoms with Crippen molar-refractivity contribution in [2.75, 3.05) is 7.05 Å². The molecular weight excluding hydrogens is 265 g/mol. The molecule has 0 radical (unpaired) electrons. The number of likely N-dealkylation sites (N-methyl/N-ethyl adjacent to an activating group) is 1. The van der Waals surface area contributed by atoms with Crippen LogP contribution in [0.4, 0.5) is 4.39 Å². The molecule has 2 nitrogen and oxygen atoms in total. The zero-order valence-corrected chi connectivity index (χ0v) is 12.2. The fourth-order valence-electron chi connectivity index (χ4n) is 2.63. The van der Waals surface area contributed by atoms with Gasteiger partial charge in [-0.25, -0.2) is 4.39 Å². The van der Waals surface area contributed by atoms with Gasteiger partial charge in [0.1, 0.15) is 17.2 Å². The van der Waals surface area contributed by atoms with E-state index in [0.717, 1.165) is 22.3 Å². The van der Waals surface area contributed by atoms with E-state index in [1.165, 1.54) is 6.07 Å². The summed E-state index contributed by atoms with van der Waals surface area (Å²) in [6.07, 6.45) is 0.558. The van der Waals surface area contributed by atoms with Crippen molar-refractivity contribution in [1.82, 2.24) is 5.32 Å². The van der Waals surface area contributed by atoms with Crippen LogP contribution in [-0.2, 0) is 6.42 Å². The van der Waals surface area contributed by atoms with Crippen molar-refractivity contribution in [3.63, 3.8) is 0 Å². The predicted molar refractivity (Wildman–Crippen MR) is 82.9 cm³/mol. The van der Waals surface area contributed by atoms with Gasteiger partial charge in [0.2, 0.25) is 0 Å². The number of furan rings is 1. The Kier molecular flexibility index (Phi) is 3.76. The lowest BCUT2D eigenvalue weighted by molar-refractivity contribution is 0.444. The molecule has 0 fully saturated rings. The van der Waals surface area contributed by atoms with Gasteiger partial charge in [-0.2, -0.15) is 0 Å². The van der Waals surface area contributed by atoms with Crippen molar-refractivity contribution in [3.05, 3.63) is 71.2 Å². The largest absolute Gasteiger partial charge is 0.459 e. The molecule has 1 heterocycles. The Labute approximate surface area is 123 Å². The number of fused-ring (bicyclic) bond motifs is 1. The van der Waals surface area contributed by atoms with Crippen LogP contribution in [0.5, 0.6) is 0 Å². The molecule has 21 heavy (non-hydrogen) atoms. The number of hydrogen-bond acceptors (Lipinski definition) is 2. The second-order valence-electron chi connectivity index (χ2n) is 5.28. The maximum Gasteiger partial charge on any atom is 0.137 e. The maximum absolute atomic E-state index is 13.8. The van der Waals surface area contributed by atoms with E-state index < -0.39 is 0 Å². The molecule has 108 valence electrons. The summed E-state index contributed by atoms with van der Waals surface area (Å²) in [5.74, 6) is 0.662. The second-order valence-corrected chi connectivity index (χ2v) is 5.28. The second kappa shape index (κ2) is 5.70. The molecule has 1 aromatic heterocycles. The van der Waals surface area contributed by atoms with Crippen LogP contribution < -0.4 is 5.32 Å². The molecule has 0 saturated heterocycles. The highest BCUT2D eigenvalue weighted by Gasteiger charge is 2.17. The van der Waals surface area contributed by atoms with Crippen LogP contribution >= 0.6 is 0 Å². The molecule has 0 spiro atoms. The molecular formula is C18H18FNO. The molecule has 1 atom stereocenters. The number of rotatable bonds is 4. The van der Waals surface area contributed by atoms with Crippen LogP contribution in [0.2, 0.25) is 0 Å². The Morgan fingerprint density at radius 1 is 1.14 bits per heavy atom. The van der Waals surface area contributed by atoms with Gasteiger partial charge in [-0.1, -0.05) is 36.4 Å². The summed E-state index contributed by atoms with van der Waals surface area (Å²) in [5.41, 5.74) is 2.70. The molecule has 0 amide bonds. The number of halogens is 1. The van der Waals surface area contributed by atoms with E-state index in [2.05, 4.69) is 5.32 Å². The molecule has 0 saturated carbocycles. The van der Waals surface area contributed by atoms with Gasteiger partial charge in [-0.05, 0) is 43.7 Å². The Bertz CT molecular complexity index is 763.